The number of anilines is 1. The number of nitrogens with zero attached hydrogens (tertiary/aromatic N) is 1. The van der Waals surface area contributed by atoms with E-state index in [1.807, 2.05) is 44.3 Å². The second-order valence-corrected chi connectivity index (χ2v) is 4.17. The first-order chi connectivity index (χ1) is 9.26. The minimum Gasteiger partial charge on any atom is -0.493 e. The summed E-state index contributed by atoms with van der Waals surface area (Å²) in [6.07, 6.45) is 3.47. The molecule has 1 heterocycles. The lowest BCUT2D eigenvalue weighted by Crippen LogP contribution is -1.97. The molecule has 1 aromatic heterocycles. The maximum absolute atomic E-state index is 5.65. The highest BCUT2D eigenvalue weighted by Crippen LogP contribution is 2.30. The Labute approximate surface area is 114 Å². The molecule has 0 saturated carbocycles. The fraction of sp³-hybridized carbons (Fsp3) is 0.188. The van der Waals surface area contributed by atoms with E-state index in [1.165, 1.54) is 0 Å². The molecule has 0 saturated heterocycles. The zero-order valence-electron chi connectivity index (χ0n) is 11.3. The average molecular weight is 254 g/mol. The van der Waals surface area contributed by atoms with E-state index in [2.05, 4.69) is 22.9 Å². The van der Waals surface area contributed by atoms with Crippen LogP contribution in [0.15, 0.2) is 49.3 Å². The summed E-state index contributed by atoms with van der Waals surface area (Å²) in [6, 6.07) is 10.1. The van der Waals surface area contributed by atoms with Crippen LogP contribution >= 0.6 is 0 Å². The maximum Gasteiger partial charge on any atom is 0.132 e. The number of aryl methyl sites for hydroxylation is 1. The van der Waals surface area contributed by atoms with Gasteiger partial charge in [-0.1, -0.05) is 24.8 Å². The molecule has 19 heavy (non-hydrogen) atoms. The molecular weight excluding hydrogens is 236 g/mol. The molecule has 0 aliphatic heterocycles. The summed E-state index contributed by atoms with van der Waals surface area (Å²) < 4.78 is 5.65. The first kappa shape index (κ1) is 13.1. The van der Waals surface area contributed by atoms with Crippen molar-refractivity contribution in [1.29, 1.82) is 0 Å². The van der Waals surface area contributed by atoms with Crippen molar-refractivity contribution in [3.8, 4) is 16.9 Å². The molecule has 0 bridgehead atoms. The molecule has 1 aromatic carbocycles. The van der Waals surface area contributed by atoms with Gasteiger partial charge in [0.05, 0.1) is 6.61 Å². The van der Waals surface area contributed by atoms with Crippen LogP contribution < -0.4 is 10.1 Å². The molecule has 0 atom stereocenters. The van der Waals surface area contributed by atoms with Crippen molar-refractivity contribution in [1.82, 2.24) is 4.98 Å². The minimum atomic E-state index is 0.652. The molecule has 3 heteroatoms. The summed E-state index contributed by atoms with van der Waals surface area (Å²) in [4.78, 5) is 4.41. The highest BCUT2D eigenvalue weighted by Gasteiger charge is 2.07. The monoisotopic (exact) mass is 254 g/mol. The van der Waals surface area contributed by atoms with Crippen LogP contribution in [0.5, 0.6) is 5.75 Å². The fourth-order valence-corrected chi connectivity index (χ4v) is 1.96. The number of benzene rings is 1. The van der Waals surface area contributed by atoms with E-state index in [-0.39, 0.29) is 0 Å². The van der Waals surface area contributed by atoms with Gasteiger partial charge in [0.1, 0.15) is 11.6 Å². The van der Waals surface area contributed by atoms with Crippen LogP contribution in [-0.2, 0) is 0 Å². The van der Waals surface area contributed by atoms with E-state index in [0.29, 0.717) is 6.61 Å². The number of hydrogen-bond acceptors (Lipinski definition) is 3. The van der Waals surface area contributed by atoms with Gasteiger partial charge in [0.25, 0.3) is 0 Å². The molecule has 0 aliphatic rings. The van der Waals surface area contributed by atoms with E-state index in [0.717, 1.165) is 28.3 Å². The first-order valence-corrected chi connectivity index (χ1v) is 6.32. The molecular formula is C16H18N2O. The SMILES string of the molecule is C=CNc1ncc(-c2ccccc2OCC)cc1C. The summed E-state index contributed by atoms with van der Waals surface area (Å²) in [5.41, 5.74) is 3.19. The number of para-hydroxylation sites is 1. The van der Waals surface area contributed by atoms with Gasteiger partial charge in [-0.25, -0.2) is 4.98 Å². The molecule has 2 rings (SSSR count). The Kier molecular flexibility index (Phi) is 4.18. The maximum atomic E-state index is 5.65. The first-order valence-electron chi connectivity index (χ1n) is 6.32. The van der Waals surface area contributed by atoms with E-state index in [1.54, 1.807) is 6.20 Å². The van der Waals surface area contributed by atoms with Gasteiger partial charge in [-0.3, -0.25) is 0 Å². The third kappa shape index (κ3) is 2.94. The number of rotatable bonds is 5. The standard InChI is InChI=1S/C16H18N2O/c1-4-17-16-12(3)10-13(11-18-16)14-8-6-7-9-15(14)19-5-2/h4,6-11H,1,5H2,2-3H3,(H,17,18). The van der Waals surface area contributed by atoms with Gasteiger partial charge in [-0.2, -0.15) is 0 Å². The summed E-state index contributed by atoms with van der Waals surface area (Å²) in [5.74, 6) is 1.71. The van der Waals surface area contributed by atoms with E-state index < -0.39 is 0 Å². The predicted molar refractivity (Wildman–Crippen MR) is 79.4 cm³/mol. The Morgan fingerprint density at radius 2 is 2.16 bits per heavy atom. The lowest BCUT2D eigenvalue weighted by Gasteiger charge is -2.11. The van der Waals surface area contributed by atoms with E-state index in [9.17, 15) is 0 Å². The van der Waals surface area contributed by atoms with Gasteiger partial charge >= 0.3 is 0 Å². The zero-order valence-corrected chi connectivity index (χ0v) is 11.3. The van der Waals surface area contributed by atoms with Crippen LogP contribution in [0.4, 0.5) is 5.82 Å². The quantitative estimate of drug-likeness (QED) is 0.875. The molecule has 1 N–H and O–H groups in total. The molecule has 3 nitrogen and oxygen atoms in total. The van der Waals surface area contributed by atoms with Gasteiger partial charge in [0.15, 0.2) is 0 Å². The van der Waals surface area contributed by atoms with E-state index in [4.69, 9.17) is 4.74 Å². The number of pyridine rings is 1. The molecule has 0 aliphatic carbocycles. The fourth-order valence-electron chi connectivity index (χ4n) is 1.96. The highest BCUT2D eigenvalue weighted by molar-refractivity contribution is 5.71. The molecule has 0 amide bonds. The van der Waals surface area contributed by atoms with Crippen LogP contribution in [0.25, 0.3) is 11.1 Å². The summed E-state index contributed by atoms with van der Waals surface area (Å²) >= 11 is 0. The molecule has 0 spiro atoms. The van der Waals surface area contributed by atoms with Crippen LogP contribution in [0, 0.1) is 6.92 Å². The van der Waals surface area contributed by atoms with Gasteiger partial charge < -0.3 is 10.1 Å². The van der Waals surface area contributed by atoms with Crippen molar-refractivity contribution in [2.75, 3.05) is 11.9 Å². The minimum absolute atomic E-state index is 0.652. The van der Waals surface area contributed by atoms with Gasteiger partial charge in [-0.05, 0) is 37.7 Å². The van der Waals surface area contributed by atoms with Crippen molar-refractivity contribution in [2.24, 2.45) is 0 Å². The zero-order chi connectivity index (χ0) is 13.7. The lowest BCUT2D eigenvalue weighted by atomic mass is 10.0. The van der Waals surface area contributed by atoms with Crippen molar-refractivity contribution in [3.63, 3.8) is 0 Å². The second kappa shape index (κ2) is 6.05. The number of ether oxygens (including phenoxy) is 1. The Morgan fingerprint density at radius 1 is 1.37 bits per heavy atom. The Balaban J connectivity index is 2.42. The number of hydrogen-bond donors (Lipinski definition) is 1. The average Bonchev–Trinajstić information content (AvgIpc) is 2.42. The van der Waals surface area contributed by atoms with E-state index >= 15 is 0 Å². The van der Waals surface area contributed by atoms with Gasteiger partial charge in [0.2, 0.25) is 0 Å². The van der Waals surface area contributed by atoms with Crippen molar-refractivity contribution >= 4 is 5.82 Å². The molecule has 0 fully saturated rings. The molecule has 98 valence electrons. The normalized spacial score (nSPS) is 10.0. The van der Waals surface area contributed by atoms with Gasteiger partial charge in [-0.15, -0.1) is 0 Å². The highest BCUT2D eigenvalue weighted by atomic mass is 16.5. The summed E-state index contributed by atoms with van der Waals surface area (Å²) in [6.45, 7) is 8.30. The molecule has 0 unspecified atom stereocenters. The number of aromatic nitrogens is 1. The third-order valence-electron chi connectivity index (χ3n) is 2.81. The summed E-state index contributed by atoms with van der Waals surface area (Å²) in [7, 11) is 0. The third-order valence-corrected chi connectivity index (χ3v) is 2.81. The van der Waals surface area contributed by atoms with Crippen molar-refractivity contribution < 1.29 is 4.74 Å². The summed E-state index contributed by atoms with van der Waals surface area (Å²) in [5, 5.41) is 3.02. The van der Waals surface area contributed by atoms with Crippen LogP contribution in [-0.4, -0.2) is 11.6 Å². The lowest BCUT2D eigenvalue weighted by molar-refractivity contribution is 0.341. The Bertz CT molecular complexity index is 579. The second-order valence-electron chi connectivity index (χ2n) is 4.17. The topological polar surface area (TPSA) is 34.2 Å². The number of nitrogens with one attached hydrogen (secondary N) is 1. The molecule has 0 radical (unpaired) electrons. The largest absolute Gasteiger partial charge is 0.493 e. The molecule has 2 aromatic rings. The van der Waals surface area contributed by atoms with Crippen molar-refractivity contribution in [2.45, 2.75) is 13.8 Å². The predicted octanol–water partition coefficient (Wildman–Crippen LogP) is 4.01. The smallest absolute Gasteiger partial charge is 0.132 e. The Morgan fingerprint density at radius 3 is 2.84 bits per heavy atom. The van der Waals surface area contributed by atoms with Crippen LogP contribution in [0.3, 0.4) is 0 Å². The Hall–Kier alpha value is -2.29. The van der Waals surface area contributed by atoms with Crippen molar-refractivity contribution in [3.05, 3.63) is 54.9 Å². The van der Waals surface area contributed by atoms with Crippen LogP contribution in [0.1, 0.15) is 12.5 Å². The van der Waals surface area contributed by atoms with Crippen LogP contribution in [0.2, 0.25) is 0 Å². The van der Waals surface area contributed by atoms with Gasteiger partial charge in [0, 0.05) is 17.3 Å².